The first-order valence-corrected chi connectivity index (χ1v) is 19.3. The zero-order chi connectivity index (χ0) is 30.8. The van der Waals surface area contributed by atoms with Crippen LogP contribution in [-0.2, 0) is 18.7 Å². The third kappa shape index (κ3) is 10.9. The predicted molar refractivity (Wildman–Crippen MR) is 169 cm³/mol. The van der Waals surface area contributed by atoms with Gasteiger partial charge in [-0.15, -0.1) is 0 Å². The Morgan fingerprint density at radius 3 is 2.40 bits per heavy atom. The van der Waals surface area contributed by atoms with Gasteiger partial charge in [-0.2, -0.15) is 0 Å². The smallest absolute Gasteiger partial charge is 0.303 e. The van der Waals surface area contributed by atoms with Crippen molar-refractivity contribution in [1.82, 2.24) is 0 Å². The summed E-state index contributed by atoms with van der Waals surface area (Å²) in [5, 5.41) is 20.3. The molecule has 1 aromatic carbocycles. The Hall–Kier alpha value is -1.45. The summed E-state index contributed by atoms with van der Waals surface area (Å²) in [7, 11) is -2.07. The van der Waals surface area contributed by atoms with Gasteiger partial charge < -0.3 is 28.8 Å². The van der Waals surface area contributed by atoms with Crippen LogP contribution >= 0.6 is 0 Å². The molecule has 0 radical (unpaired) electrons. The number of aliphatic carboxylic acids is 1. The van der Waals surface area contributed by atoms with Crippen LogP contribution in [0, 0.1) is 11.8 Å². The number of unbranched alkanes of at least 4 members (excludes halogenated alkanes) is 3. The van der Waals surface area contributed by atoms with Crippen LogP contribution in [0.25, 0.3) is 0 Å². The molecule has 3 rings (SSSR count). The summed E-state index contributed by atoms with van der Waals surface area (Å²) in [6, 6.07) is 9.97. The molecule has 2 N–H and O–H groups in total. The lowest BCUT2D eigenvalue weighted by Crippen LogP contribution is -2.48. The first kappa shape index (κ1) is 35.0. The van der Waals surface area contributed by atoms with Gasteiger partial charge in [0, 0.05) is 19.4 Å². The Bertz CT molecular complexity index is 912. The number of benzene rings is 1. The van der Waals surface area contributed by atoms with E-state index in [9.17, 15) is 9.90 Å². The minimum Gasteiger partial charge on any atom is -0.488 e. The third-order valence-electron chi connectivity index (χ3n) is 9.76. The van der Waals surface area contributed by atoms with Crippen LogP contribution in [0.1, 0.15) is 105 Å². The van der Waals surface area contributed by atoms with Crippen LogP contribution in [-0.4, -0.2) is 61.8 Å². The van der Waals surface area contributed by atoms with Crippen molar-refractivity contribution in [3.63, 3.8) is 0 Å². The zero-order valence-electron chi connectivity index (χ0n) is 27.1. The number of aliphatic hydroxyl groups is 1. The molecule has 2 aliphatic rings. The maximum absolute atomic E-state index is 11.2. The summed E-state index contributed by atoms with van der Waals surface area (Å²) >= 11 is 0. The first-order chi connectivity index (χ1) is 19.9. The van der Waals surface area contributed by atoms with Gasteiger partial charge in [0.15, 0.2) is 14.6 Å². The molecular formula is C34H58O7Si. The van der Waals surface area contributed by atoms with E-state index in [0.717, 1.165) is 70.1 Å². The van der Waals surface area contributed by atoms with E-state index in [4.69, 9.17) is 23.7 Å². The average molecular weight is 607 g/mol. The molecule has 2 fully saturated rings. The van der Waals surface area contributed by atoms with E-state index in [1.165, 1.54) is 0 Å². The minimum absolute atomic E-state index is 0.0426. The number of ether oxygens (including phenoxy) is 3. The topological polar surface area (TPSA) is 94.5 Å². The summed E-state index contributed by atoms with van der Waals surface area (Å²) in [5.74, 6) is 0.476. The fraction of sp³-hybridized carbons (Fsp3) is 0.794. The molecule has 1 heterocycles. The quantitative estimate of drug-likeness (QED) is 0.137. The highest BCUT2D eigenvalue weighted by Crippen LogP contribution is 2.43. The monoisotopic (exact) mass is 606 g/mol. The van der Waals surface area contributed by atoms with Gasteiger partial charge in [0.2, 0.25) is 0 Å². The maximum Gasteiger partial charge on any atom is 0.303 e. The standard InChI is InChI=1S/C34H58O7Si/c1-25(39-26-16-10-9-11-17-26)30(41-42(5,6)34(2,3)4)22-21-28-27(18-12-7-8-13-19-32(36)37)29(35)24-31(28)40-33-20-14-15-23-38-33/h9-11,16-17,25,27-31,33,35H,7-8,12-15,18-24H2,1-6H3,(H,36,37)/t25?,27-,28-,29+,30?,31?,33?/m1/s1. The molecule has 0 aromatic heterocycles. The summed E-state index contributed by atoms with van der Waals surface area (Å²) in [6.45, 7) is 14.3. The molecule has 8 heteroatoms. The lowest BCUT2D eigenvalue weighted by Gasteiger charge is -2.41. The largest absolute Gasteiger partial charge is 0.488 e. The highest BCUT2D eigenvalue weighted by atomic mass is 28.4. The summed E-state index contributed by atoms with van der Waals surface area (Å²) in [5.41, 5.74) is 0. The van der Waals surface area contributed by atoms with E-state index in [-0.39, 0.29) is 47.9 Å². The number of aliphatic hydroxyl groups excluding tert-OH is 1. The van der Waals surface area contributed by atoms with Crippen molar-refractivity contribution in [1.29, 1.82) is 0 Å². The number of hydrogen-bond acceptors (Lipinski definition) is 6. The molecule has 0 amide bonds. The molecule has 42 heavy (non-hydrogen) atoms. The number of carboxylic acid groups (broad SMARTS) is 1. The van der Waals surface area contributed by atoms with Crippen LogP contribution in [0.3, 0.4) is 0 Å². The Balaban J connectivity index is 1.73. The van der Waals surface area contributed by atoms with Crippen molar-refractivity contribution in [2.24, 2.45) is 11.8 Å². The van der Waals surface area contributed by atoms with Gasteiger partial charge in [-0.25, -0.2) is 0 Å². The number of rotatable bonds is 17. The van der Waals surface area contributed by atoms with Crippen molar-refractivity contribution in [3.8, 4) is 5.75 Å². The Kier molecular flexibility index (Phi) is 13.8. The lowest BCUT2D eigenvalue weighted by molar-refractivity contribution is -0.196. The van der Waals surface area contributed by atoms with Gasteiger partial charge in [-0.3, -0.25) is 4.79 Å². The lowest BCUT2D eigenvalue weighted by atomic mass is 9.84. The van der Waals surface area contributed by atoms with Crippen LogP contribution in [0.4, 0.5) is 0 Å². The predicted octanol–water partition coefficient (Wildman–Crippen LogP) is 7.96. The first-order valence-electron chi connectivity index (χ1n) is 16.4. The van der Waals surface area contributed by atoms with Crippen LogP contribution in [0.2, 0.25) is 18.1 Å². The van der Waals surface area contributed by atoms with Gasteiger partial charge in [0.25, 0.3) is 0 Å². The minimum atomic E-state index is -2.07. The van der Waals surface area contributed by atoms with Crippen molar-refractivity contribution < 1.29 is 33.6 Å². The number of para-hydroxylation sites is 1. The van der Waals surface area contributed by atoms with Gasteiger partial charge in [-0.1, -0.05) is 58.2 Å². The normalized spacial score (nSPS) is 26.6. The molecule has 1 saturated heterocycles. The van der Waals surface area contributed by atoms with E-state index < -0.39 is 20.4 Å². The van der Waals surface area contributed by atoms with Gasteiger partial charge >= 0.3 is 5.97 Å². The van der Waals surface area contributed by atoms with Gasteiger partial charge in [0.1, 0.15) is 11.9 Å². The molecule has 240 valence electrons. The third-order valence-corrected chi connectivity index (χ3v) is 14.3. The number of hydrogen-bond donors (Lipinski definition) is 2. The van der Waals surface area contributed by atoms with Crippen LogP contribution in [0.15, 0.2) is 30.3 Å². The zero-order valence-corrected chi connectivity index (χ0v) is 28.1. The molecule has 1 saturated carbocycles. The summed E-state index contributed by atoms with van der Waals surface area (Å²) < 4.78 is 26.0. The average Bonchev–Trinajstić information content (AvgIpc) is 3.21. The van der Waals surface area contributed by atoms with Crippen molar-refractivity contribution >= 4 is 14.3 Å². The molecule has 0 bridgehead atoms. The van der Waals surface area contributed by atoms with Gasteiger partial charge in [0.05, 0.1) is 18.3 Å². The second-order valence-electron chi connectivity index (χ2n) is 14.1. The number of carbonyl (C=O) groups is 1. The van der Waals surface area contributed by atoms with Gasteiger partial charge in [-0.05, 0) is 94.0 Å². The molecular weight excluding hydrogens is 548 g/mol. The van der Waals surface area contributed by atoms with Crippen molar-refractivity contribution in [2.75, 3.05) is 6.61 Å². The van der Waals surface area contributed by atoms with E-state index in [0.29, 0.717) is 12.8 Å². The van der Waals surface area contributed by atoms with Crippen LogP contribution in [0.5, 0.6) is 5.75 Å². The van der Waals surface area contributed by atoms with E-state index >= 15 is 0 Å². The molecule has 4 unspecified atom stereocenters. The number of carboxylic acids is 1. The molecule has 7 nitrogen and oxygen atoms in total. The van der Waals surface area contributed by atoms with E-state index in [1.54, 1.807) is 0 Å². The molecule has 1 aliphatic heterocycles. The second-order valence-corrected chi connectivity index (χ2v) is 18.8. The molecule has 0 spiro atoms. The van der Waals surface area contributed by atoms with E-state index in [1.807, 2.05) is 30.3 Å². The highest BCUT2D eigenvalue weighted by Gasteiger charge is 2.45. The Morgan fingerprint density at radius 1 is 1.05 bits per heavy atom. The van der Waals surface area contributed by atoms with Crippen molar-refractivity contribution in [3.05, 3.63) is 30.3 Å². The maximum atomic E-state index is 11.2. The molecule has 7 atom stereocenters. The van der Waals surface area contributed by atoms with Crippen molar-refractivity contribution in [2.45, 2.75) is 154 Å². The van der Waals surface area contributed by atoms with E-state index in [2.05, 4.69) is 40.8 Å². The second kappa shape index (κ2) is 16.6. The molecule has 1 aromatic rings. The Labute approximate surface area is 255 Å². The highest BCUT2D eigenvalue weighted by molar-refractivity contribution is 6.74. The SMILES string of the molecule is CC(Oc1ccccc1)C(CC[C@H]1C(OC2CCCCO2)C[C@H](O)[C@@H]1CCCCCCC(=O)O)O[Si](C)(C)C(C)(C)C. The molecule has 1 aliphatic carbocycles. The van der Waals surface area contributed by atoms with Crippen LogP contribution < -0.4 is 4.74 Å². The summed E-state index contributed by atoms with van der Waals surface area (Å²) in [4.78, 5) is 10.9. The fourth-order valence-electron chi connectivity index (χ4n) is 6.23. The Morgan fingerprint density at radius 2 is 1.76 bits per heavy atom. The fourth-order valence-corrected chi connectivity index (χ4v) is 7.65. The summed E-state index contributed by atoms with van der Waals surface area (Å²) in [6.07, 6.45) is 9.37.